The summed E-state index contributed by atoms with van der Waals surface area (Å²) in [5.41, 5.74) is -0.885. The van der Waals surface area contributed by atoms with Crippen LogP contribution in [0.15, 0.2) is 0 Å². The molecule has 0 amide bonds. The van der Waals surface area contributed by atoms with Gasteiger partial charge in [0.25, 0.3) is 0 Å². The SMILES string of the molecule is CCC(C)CCOC(=O)C1CCCCC1C(=O)OC(C)(CC)COC(=O)C1CCCCC1. The molecule has 0 spiro atoms. The quantitative estimate of drug-likeness (QED) is 0.300. The summed E-state index contributed by atoms with van der Waals surface area (Å²) in [4.78, 5) is 38.2. The Bertz CT molecular complexity index is 611. The summed E-state index contributed by atoms with van der Waals surface area (Å²) in [6.45, 7) is 8.44. The maximum atomic E-state index is 13.1. The summed E-state index contributed by atoms with van der Waals surface area (Å²) in [7, 11) is 0. The Morgan fingerprint density at radius 1 is 0.844 bits per heavy atom. The summed E-state index contributed by atoms with van der Waals surface area (Å²) in [6, 6.07) is 0. The predicted octanol–water partition coefficient (Wildman–Crippen LogP) is 5.61. The minimum absolute atomic E-state index is 0.0338. The van der Waals surface area contributed by atoms with Gasteiger partial charge in [0.15, 0.2) is 0 Å². The summed E-state index contributed by atoms with van der Waals surface area (Å²) in [5, 5.41) is 0. The van der Waals surface area contributed by atoms with E-state index in [1.807, 2.05) is 6.92 Å². The third-order valence-corrected chi connectivity index (χ3v) is 7.48. The van der Waals surface area contributed by atoms with Gasteiger partial charge in [-0.1, -0.05) is 59.3 Å². The zero-order chi connectivity index (χ0) is 23.6. The zero-order valence-electron chi connectivity index (χ0n) is 20.7. The Hall–Kier alpha value is -1.59. The van der Waals surface area contributed by atoms with Gasteiger partial charge in [-0.05, 0) is 51.4 Å². The molecular formula is C26H44O6. The average Bonchev–Trinajstić information content (AvgIpc) is 2.82. The third kappa shape index (κ3) is 8.08. The van der Waals surface area contributed by atoms with E-state index in [0.29, 0.717) is 31.8 Å². The summed E-state index contributed by atoms with van der Waals surface area (Å²) < 4.78 is 17.0. The van der Waals surface area contributed by atoms with E-state index in [1.165, 1.54) is 6.42 Å². The number of carbonyl (C=O) groups is 3. The summed E-state index contributed by atoms with van der Waals surface area (Å²) >= 11 is 0. The second-order valence-electron chi connectivity index (χ2n) is 10.1. The van der Waals surface area contributed by atoms with Crippen molar-refractivity contribution in [2.75, 3.05) is 13.2 Å². The molecule has 2 rings (SSSR count). The topological polar surface area (TPSA) is 78.9 Å². The normalized spacial score (nSPS) is 24.8. The average molecular weight is 453 g/mol. The van der Waals surface area contributed by atoms with Crippen LogP contribution >= 0.6 is 0 Å². The van der Waals surface area contributed by atoms with Gasteiger partial charge in [-0.25, -0.2) is 0 Å². The number of hydrogen-bond donors (Lipinski definition) is 0. The monoisotopic (exact) mass is 452 g/mol. The molecule has 0 aromatic heterocycles. The van der Waals surface area contributed by atoms with E-state index in [4.69, 9.17) is 14.2 Å². The molecule has 2 aliphatic carbocycles. The molecule has 4 unspecified atom stereocenters. The van der Waals surface area contributed by atoms with E-state index >= 15 is 0 Å². The van der Waals surface area contributed by atoms with Crippen LogP contribution in [0.2, 0.25) is 0 Å². The van der Waals surface area contributed by atoms with Gasteiger partial charge in [0, 0.05) is 0 Å². The predicted molar refractivity (Wildman–Crippen MR) is 123 cm³/mol. The fraction of sp³-hybridized carbons (Fsp3) is 0.885. The van der Waals surface area contributed by atoms with Gasteiger partial charge >= 0.3 is 17.9 Å². The highest BCUT2D eigenvalue weighted by atomic mass is 16.6. The second kappa shape index (κ2) is 13.2. The minimum Gasteiger partial charge on any atom is -0.465 e. The maximum Gasteiger partial charge on any atom is 0.310 e. The van der Waals surface area contributed by atoms with Crippen LogP contribution < -0.4 is 0 Å². The van der Waals surface area contributed by atoms with Crippen molar-refractivity contribution in [3.05, 3.63) is 0 Å². The molecule has 32 heavy (non-hydrogen) atoms. The molecule has 0 saturated heterocycles. The Labute approximate surface area is 194 Å². The fourth-order valence-corrected chi connectivity index (χ4v) is 4.57. The Morgan fingerprint density at radius 3 is 2.03 bits per heavy atom. The van der Waals surface area contributed by atoms with E-state index in [2.05, 4.69) is 13.8 Å². The van der Waals surface area contributed by atoms with E-state index in [1.54, 1.807) is 6.92 Å². The zero-order valence-corrected chi connectivity index (χ0v) is 20.7. The van der Waals surface area contributed by atoms with Gasteiger partial charge in [-0.2, -0.15) is 0 Å². The maximum absolute atomic E-state index is 13.1. The first-order valence-corrected chi connectivity index (χ1v) is 12.9. The van der Waals surface area contributed by atoms with Gasteiger partial charge < -0.3 is 14.2 Å². The number of hydrogen-bond acceptors (Lipinski definition) is 6. The van der Waals surface area contributed by atoms with Crippen LogP contribution in [0.1, 0.15) is 105 Å². The van der Waals surface area contributed by atoms with Crippen LogP contribution in [-0.4, -0.2) is 36.7 Å². The lowest BCUT2D eigenvalue weighted by Crippen LogP contribution is -2.43. The lowest BCUT2D eigenvalue weighted by molar-refractivity contribution is -0.181. The second-order valence-corrected chi connectivity index (χ2v) is 10.1. The molecule has 0 N–H and O–H groups in total. The minimum atomic E-state index is -0.885. The first-order chi connectivity index (χ1) is 15.3. The van der Waals surface area contributed by atoms with Crippen LogP contribution in [0.3, 0.4) is 0 Å². The summed E-state index contributed by atoms with van der Waals surface area (Å²) in [5.74, 6) is -1.28. The Morgan fingerprint density at radius 2 is 1.44 bits per heavy atom. The van der Waals surface area contributed by atoms with E-state index in [-0.39, 0.29) is 30.4 Å². The van der Waals surface area contributed by atoms with Crippen molar-refractivity contribution in [3.8, 4) is 0 Å². The molecule has 0 aromatic rings. The lowest BCUT2D eigenvalue weighted by Gasteiger charge is -2.34. The molecule has 0 aliphatic heterocycles. The molecule has 6 heteroatoms. The fourth-order valence-electron chi connectivity index (χ4n) is 4.57. The van der Waals surface area contributed by atoms with E-state index in [0.717, 1.165) is 51.4 Å². The van der Waals surface area contributed by atoms with Crippen molar-refractivity contribution >= 4 is 17.9 Å². The van der Waals surface area contributed by atoms with Crippen LogP contribution in [-0.2, 0) is 28.6 Å². The smallest absolute Gasteiger partial charge is 0.310 e. The molecule has 2 saturated carbocycles. The Balaban J connectivity index is 1.90. The van der Waals surface area contributed by atoms with Crippen molar-refractivity contribution in [1.82, 2.24) is 0 Å². The van der Waals surface area contributed by atoms with E-state index < -0.39 is 17.4 Å². The van der Waals surface area contributed by atoms with Gasteiger partial charge in [0.05, 0.1) is 24.4 Å². The molecule has 184 valence electrons. The first-order valence-electron chi connectivity index (χ1n) is 12.9. The molecule has 0 radical (unpaired) electrons. The molecular weight excluding hydrogens is 408 g/mol. The number of rotatable bonds is 11. The van der Waals surface area contributed by atoms with Crippen molar-refractivity contribution < 1.29 is 28.6 Å². The van der Waals surface area contributed by atoms with Gasteiger partial charge in [0.1, 0.15) is 12.2 Å². The lowest BCUT2D eigenvalue weighted by atomic mass is 9.79. The molecule has 4 atom stereocenters. The largest absolute Gasteiger partial charge is 0.465 e. The molecule has 0 bridgehead atoms. The van der Waals surface area contributed by atoms with Crippen LogP contribution in [0.25, 0.3) is 0 Å². The number of esters is 3. The molecule has 6 nitrogen and oxygen atoms in total. The first kappa shape index (κ1) is 26.7. The van der Waals surface area contributed by atoms with Crippen LogP contribution in [0.4, 0.5) is 0 Å². The molecule has 0 heterocycles. The highest BCUT2D eigenvalue weighted by Gasteiger charge is 2.41. The van der Waals surface area contributed by atoms with Crippen LogP contribution in [0, 0.1) is 23.7 Å². The molecule has 0 aromatic carbocycles. The van der Waals surface area contributed by atoms with Crippen molar-refractivity contribution in [2.45, 2.75) is 110 Å². The molecule has 2 fully saturated rings. The third-order valence-electron chi connectivity index (χ3n) is 7.48. The Kier molecular flexibility index (Phi) is 11.0. The van der Waals surface area contributed by atoms with Crippen molar-refractivity contribution in [3.63, 3.8) is 0 Å². The van der Waals surface area contributed by atoms with Crippen LogP contribution in [0.5, 0.6) is 0 Å². The van der Waals surface area contributed by atoms with Gasteiger partial charge in [0.2, 0.25) is 0 Å². The highest BCUT2D eigenvalue weighted by Crippen LogP contribution is 2.34. The summed E-state index contributed by atoms with van der Waals surface area (Å²) in [6.07, 6.45) is 10.6. The van der Waals surface area contributed by atoms with Gasteiger partial charge in [-0.3, -0.25) is 14.4 Å². The highest BCUT2D eigenvalue weighted by molar-refractivity contribution is 5.82. The molecule has 2 aliphatic rings. The van der Waals surface area contributed by atoms with E-state index in [9.17, 15) is 14.4 Å². The van der Waals surface area contributed by atoms with Gasteiger partial charge in [-0.15, -0.1) is 0 Å². The van der Waals surface area contributed by atoms with Crippen molar-refractivity contribution in [1.29, 1.82) is 0 Å². The van der Waals surface area contributed by atoms with Crippen molar-refractivity contribution in [2.24, 2.45) is 23.7 Å². The standard InChI is InChI=1S/C26H44O6/c1-5-19(3)16-17-30-24(28)21-14-10-11-15-22(21)25(29)32-26(4,6-2)18-31-23(27)20-12-8-7-9-13-20/h19-22H,5-18H2,1-4H3. The number of carbonyl (C=O) groups excluding carboxylic acids is 3. The number of ether oxygens (including phenoxy) is 3.